The Bertz CT molecular complexity index is 1570. The summed E-state index contributed by atoms with van der Waals surface area (Å²) in [6.07, 6.45) is 70.1. The summed E-state index contributed by atoms with van der Waals surface area (Å²) in [5.41, 5.74) is 0. The van der Waals surface area contributed by atoms with Gasteiger partial charge < -0.3 is 28.5 Å². The molecule has 2 unspecified atom stereocenters. The maximum Gasteiger partial charge on any atom is 0.361 e. The summed E-state index contributed by atoms with van der Waals surface area (Å²) < 4.78 is 22.7. The number of hydrogen-bond acceptors (Lipinski definition) is 7. The van der Waals surface area contributed by atoms with Crippen LogP contribution >= 0.6 is 0 Å². The van der Waals surface area contributed by atoms with Crippen molar-refractivity contribution < 1.29 is 42.9 Å². The number of carboxylic acids is 1. The van der Waals surface area contributed by atoms with Gasteiger partial charge in [0.05, 0.1) is 34.4 Å². The van der Waals surface area contributed by atoms with E-state index in [4.69, 9.17) is 18.9 Å². The van der Waals surface area contributed by atoms with Crippen molar-refractivity contribution in [2.45, 2.75) is 206 Å². The molecule has 0 saturated heterocycles. The first-order valence-corrected chi connectivity index (χ1v) is 27.7. The zero-order valence-corrected chi connectivity index (χ0v) is 45.6. The van der Waals surface area contributed by atoms with Crippen LogP contribution in [-0.2, 0) is 33.3 Å². The fourth-order valence-electron chi connectivity index (χ4n) is 7.03. The minimum absolute atomic E-state index is 0.129. The van der Waals surface area contributed by atoms with Crippen molar-refractivity contribution in [2.75, 3.05) is 47.5 Å². The van der Waals surface area contributed by atoms with E-state index in [1.807, 2.05) is 33.3 Å². The molecule has 0 aromatic carbocycles. The highest BCUT2D eigenvalue weighted by Crippen LogP contribution is 2.15. The molecule has 1 N–H and O–H groups in total. The van der Waals surface area contributed by atoms with E-state index in [-0.39, 0.29) is 38.6 Å². The van der Waals surface area contributed by atoms with Gasteiger partial charge in [0.25, 0.3) is 6.29 Å². The van der Waals surface area contributed by atoms with Crippen molar-refractivity contribution in [3.05, 3.63) is 122 Å². The van der Waals surface area contributed by atoms with Crippen molar-refractivity contribution in [3.63, 3.8) is 0 Å². The molecule has 71 heavy (non-hydrogen) atoms. The molecule has 9 heteroatoms. The summed E-state index contributed by atoms with van der Waals surface area (Å²) in [6.45, 7) is 4.55. The van der Waals surface area contributed by atoms with Crippen molar-refractivity contribution in [3.8, 4) is 0 Å². The first-order chi connectivity index (χ1) is 34.6. The molecule has 0 amide bonds. The van der Waals surface area contributed by atoms with Gasteiger partial charge in [-0.3, -0.25) is 9.59 Å². The Morgan fingerprint density at radius 2 is 0.789 bits per heavy atom. The van der Waals surface area contributed by atoms with Crippen molar-refractivity contribution >= 4 is 17.9 Å². The fraction of sp³-hybridized carbons (Fsp3) is 0.629. The molecule has 0 spiro atoms. The van der Waals surface area contributed by atoms with Gasteiger partial charge in [-0.15, -0.1) is 0 Å². The predicted octanol–water partition coefficient (Wildman–Crippen LogP) is 16.1. The molecule has 0 heterocycles. The van der Waals surface area contributed by atoms with E-state index in [1.54, 1.807) is 0 Å². The third-order valence-electron chi connectivity index (χ3n) is 11.2. The van der Waals surface area contributed by atoms with Crippen LogP contribution < -0.4 is 0 Å². The molecule has 0 bridgehead atoms. The van der Waals surface area contributed by atoms with Crippen LogP contribution in [-0.4, -0.2) is 87.4 Å². The van der Waals surface area contributed by atoms with Gasteiger partial charge >= 0.3 is 17.9 Å². The molecular formula is C62H102NO8+. The Labute approximate surface area is 434 Å². The maximum atomic E-state index is 12.8. The number of allylic oxidation sites excluding steroid dienone is 20. The third kappa shape index (κ3) is 53.3. The minimum Gasteiger partial charge on any atom is -0.477 e. The van der Waals surface area contributed by atoms with Crippen LogP contribution in [0.5, 0.6) is 0 Å². The number of carbonyl (C=O) groups is 3. The summed E-state index contributed by atoms with van der Waals surface area (Å²) in [7, 11) is 5.93. The number of aliphatic carboxylic acids is 1. The largest absolute Gasteiger partial charge is 0.477 e. The Kier molecular flexibility index (Phi) is 48.9. The molecule has 0 fully saturated rings. The summed E-state index contributed by atoms with van der Waals surface area (Å²) in [4.78, 5) is 37.3. The second-order valence-electron chi connectivity index (χ2n) is 19.1. The number of unbranched alkanes of at least 4 members (excludes halogenated alkanes) is 14. The first-order valence-electron chi connectivity index (χ1n) is 27.7. The van der Waals surface area contributed by atoms with Crippen LogP contribution in [0.25, 0.3) is 0 Å². The van der Waals surface area contributed by atoms with Crippen LogP contribution in [0.1, 0.15) is 194 Å². The lowest BCUT2D eigenvalue weighted by molar-refractivity contribution is -0.870. The average Bonchev–Trinajstić information content (AvgIpc) is 3.34. The lowest BCUT2D eigenvalue weighted by Gasteiger charge is -2.25. The van der Waals surface area contributed by atoms with Crippen molar-refractivity contribution in [1.29, 1.82) is 0 Å². The molecule has 0 saturated carbocycles. The van der Waals surface area contributed by atoms with E-state index in [2.05, 4.69) is 123 Å². The van der Waals surface area contributed by atoms with Gasteiger partial charge in [-0.05, 0) is 89.9 Å². The van der Waals surface area contributed by atoms with Gasteiger partial charge in [-0.2, -0.15) is 0 Å². The molecule has 402 valence electrons. The number of quaternary nitrogens is 1. The SMILES string of the molecule is CC/C=C\C/C=C\C/C=C\C/C=C\C/C=C\C/C=C\CCC(=O)OC(COC(=O)CCCCCCCCCCCCCCCC/C=C\C/C=C\C/C=C\C/C=C\CC)COC(OCC[N+](C)(C)C)C(=O)O. The predicted molar refractivity (Wildman–Crippen MR) is 299 cm³/mol. The first kappa shape index (κ1) is 66.7. The van der Waals surface area contributed by atoms with E-state index in [0.717, 1.165) is 83.5 Å². The van der Waals surface area contributed by atoms with E-state index >= 15 is 0 Å². The van der Waals surface area contributed by atoms with Gasteiger partial charge in [0, 0.05) is 12.8 Å². The molecule has 0 rings (SSSR count). The highest BCUT2D eigenvalue weighted by molar-refractivity contribution is 5.71. The number of carbonyl (C=O) groups excluding carboxylic acids is 2. The number of esters is 2. The van der Waals surface area contributed by atoms with Gasteiger partial charge in [0.1, 0.15) is 13.2 Å². The van der Waals surface area contributed by atoms with E-state index < -0.39 is 24.3 Å². The smallest absolute Gasteiger partial charge is 0.361 e. The Morgan fingerprint density at radius 1 is 0.423 bits per heavy atom. The highest BCUT2D eigenvalue weighted by atomic mass is 16.7. The summed E-state index contributed by atoms with van der Waals surface area (Å²) in [6, 6.07) is 0. The fourth-order valence-corrected chi connectivity index (χ4v) is 7.03. The second-order valence-corrected chi connectivity index (χ2v) is 19.1. The number of rotatable bonds is 49. The average molecular weight is 989 g/mol. The van der Waals surface area contributed by atoms with Crippen LogP contribution in [0.2, 0.25) is 0 Å². The van der Waals surface area contributed by atoms with Crippen LogP contribution in [0.4, 0.5) is 0 Å². The van der Waals surface area contributed by atoms with Crippen LogP contribution in [0.3, 0.4) is 0 Å². The molecule has 0 aliphatic heterocycles. The molecule has 2 atom stereocenters. The number of hydrogen-bond donors (Lipinski definition) is 1. The summed E-state index contributed by atoms with van der Waals surface area (Å²) in [5, 5.41) is 9.68. The second kappa shape index (κ2) is 52.0. The summed E-state index contributed by atoms with van der Waals surface area (Å²) >= 11 is 0. The molecule has 0 aliphatic rings. The lowest BCUT2D eigenvalue weighted by Crippen LogP contribution is -2.40. The lowest BCUT2D eigenvalue weighted by atomic mass is 10.0. The van der Waals surface area contributed by atoms with Crippen LogP contribution in [0.15, 0.2) is 122 Å². The Hall–Kier alpha value is -4.31. The zero-order valence-electron chi connectivity index (χ0n) is 45.6. The maximum absolute atomic E-state index is 12.8. The van der Waals surface area contributed by atoms with Gasteiger partial charge in [0.15, 0.2) is 6.10 Å². The molecule has 0 radical (unpaired) electrons. The number of ether oxygens (including phenoxy) is 4. The number of likely N-dealkylation sites (N-methyl/N-ethyl adjacent to an activating group) is 1. The monoisotopic (exact) mass is 989 g/mol. The Morgan fingerprint density at radius 3 is 1.18 bits per heavy atom. The highest BCUT2D eigenvalue weighted by Gasteiger charge is 2.25. The van der Waals surface area contributed by atoms with Gasteiger partial charge in [-0.25, -0.2) is 4.79 Å². The molecule has 0 aromatic rings. The van der Waals surface area contributed by atoms with Crippen molar-refractivity contribution in [2.24, 2.45) is 0 Å². The third-order valence-corrected chi connectivity index (χ3v) is 11.2. The quantitative estimate of drug-likeness (QED) is 0.0211. The molecule has 9 nitrogen and oxygen atoms in total. The zero-order chi connectivity index (χ0) is 52.0. The minimum atomic E-state index is -1.54. The Balaban J connectivity index is 4.34. The summed E-state index contributed by atoms with van der Waals surface area (Å²) in [5.74, 6) is -2.13. The number of nitrogens with zero attached hydrogens (tertiary/aromatic N) is 1. The molecular weight excluding hydrogens is 887 g/mol. The molecule has 0 aliphatic carbocycles. The van der Waals surface area contributed by atoms with E-state index in [9.17, 15) is 19.5 Å². The van der Waals surface area contributed by atoms with Crippen molar-refractivity contribution in [1.82, 2.24) is 0 Å². The number of carboxylic acid groups (broad SMARTS) is 1. The van der Waals surface area contributed by atoms with Crippen LogP contribution in [0, 0.1) is 0 Å². The van der Waals surface area contributed by atoms with Gasteiger partial charge in [0.2, 0.25) is 0 Å². The normalized spacial score (nSPS) is 13.8. The van der Waals surface area contributed by atoms with E-state index in [1.165, 1.54) is 77.0 Å². The molecule has 0 aromatic heterocycles. The van der Waals surface area contributed by atoms with Gasteiger partial charge in [-0.1, -0.05) is 212 Å². The topological polar surface area (TPSA) is 108 Å². The standard InChI is InChI=1S/C62H101NO8/c1-6-8-10-12-14-16-18-20-22-24-26-27-28-29-30-31-32-33-35-36-38-40-42-44-46-48-50-52-59(64)69-56-58(57-70-62(61(66)67)68-55-54-63(3,4)5)71-60(65)53-51-49-47-45-43-41-39-37-34-25-23-21-19-17-15-13-11-9-7-2/h8-11,14-17,20-23,26-27,34,37,41,43,47,49,58,62H,6-7,12-13,18-19,24-25,28-33,35-36,38-40,42,44-46,48,50-57H2,1-5H3/p+1/b10-8-,11-9-,16-14-,17-15-,22-20-,23-21-,27-26-,37-34-,43-41-,49-47-. The van der Waals surface area contributed by atoms with E-state index in [0.29, 0.717) is 17.4 Å².